The highest BCUT2D eigenvalue weighted by atomic mass is 35.5. The molecule has 13 atom stereocenters. The minimum Gasteiger partial charge on any atom is -0.508 e. The van der Waals surface area contributed by atoms with Crippen LogP contribution in [0.5, 0.6) is 5.75 Å². The number of aromatic amines is 1. The van der Waals surface area contributed by atoms with E-state index in [4.69, 9.17) is 40.3 Å². The smallest absolute Gasteiger partial charge is 0.326 e. The fraction of sp³-hybridized carbons (Fsp3) is 0.470. The highest BCUT2D eigenvalue weighted by Crippen LogP contribution is 2.17. The number of nitrogens with two attached hydrogens (primary N) is 5. The average molecular weight is 1460 g/mol. The minimum atomic E-state index is -1.86. The van der Waals surface area contributed by atoms with E-state index in [1.807, 2.05) is 0 Å². The predicted octanol–water partition coefficient (Wildman–Crippen LogP) is -3.12. The third-order valence-corrected chi connectivity index (χ3v) is 16.3. The lowest BCUT2D eigenvalue weighted by Crippen LogP contribution is -2.62. The van der Waals surface area contributed by atoms with E-state index in [9.17, 15) is 82.4 Å². The SMILES string of the molecule is CC[C@H](C)[C@H](NC(=O)[C@H](C)NC(=O)[C@H](CC(=O)O)NC(=O)[C@@H](CCCN=C(N)N)NC(=O)[C@@H](N)Cc1ccc(O)cc1)C(=O)N[C@@H](Cc1ccc(Cl)cc1)C(=O)N[C@H](C(=O)N[C@@H](C)C(=O)N[C@@H](CCCCN=C(N)N)C(=O)N[C@@H](Cc1cccc(F)c1)C(=O)N[C@@H](Cc1cnc[nH]1)C(=O)O)[C@@H](C)O. The first-order valence-corrected chi connectivity index (χ1v) is 33.3. The van der Waals surface area contributed by atoms with E-state index in [1.54, 1.807) is 13.8 Å². The van der Waals surface area contributed by atoms with Crippen LogP contribution in [-0.2, 0) is 83.2 Å². The number of amides is 10. The van der Waals surface area contributed by atoms with Crippen molar-refractivity contribution in [3.05, 3.63) is 119 Å². The summed E-state index contributed by atoms with van der Waals surface area (Å²) in [6, 6.07) is -0.189. The van der Waals surface area contributed by atoms with Crippen molar-refractivity contribution in [2.24, 2.45) is 44.6 Å². The van der Waals surface area contributed by atoms with Crippen LogP contribution in [0.15, 0.2) is 95.3 Å². The summed E-state index contributed by atoms with van der Waals surface area (Å²) in [6.07, 6.45) is -0.496. The van der Waals surface area contributed by atoms with Crippen LogP contribution in [0.4, 0.5) is 4.39 Å². The molecule has 10 amide bonds. The number of hydrogen-bond donors (Lipinski definition) is 20. The number of aliphatic carboxylic acids is 2. The van der Waals surface area contributed by atoms with Crippen molar-refractivity contribution in [1.29, 1.82) is 0 Å². The lowest BCUT2D eigenvalue weighted by molar-refractivity contribution is -0.142. The molecule has 3 aromatic carbocycles. The molecule has 35 nitrogen and oxygen atoms in total. The highest BCUT2D eigenvalue weighted by Gasteiger charge is 2.38. The lowest BCUT2D eigenvalue weighted by atomic mass is 9.96. The van der Waals surface area contributed by atoms with Gasteiger partial charge >= 0.3 is 11.9 Å². The molecule has 0 saturated carbocycles. The Balaban J connectivity index is 1.54. The number of unbranched alkanes of at least 4 members (excludes halogenated alkanes) is 1. The minimum absolute atomic E-state index is 0.00122. The summed E-state index contributed by atoms with van der Waals surface area (Å²) in [5.74, 6) is -15.0. The fourth-order valence-electron chi connectivity index (χ4n) is 10.1. The number of nitrogens with zero attached hydrogens (tertiary/aromatic N) is 3. The molecule has 0 spiro atoms. The molecule has 0 unspecified atom stereocenters. The topological polar surface area (TPSA) is 590 Å². The van der Waals surface area contributed by atoms with Gasteiger partial charge in [0.05, 0.1) is 24.9 Å². The summed E-state index contributed by atoms with van der Waals surface area (Å²) < 4.78 is 14.5. The van der Waals surface area contributed by atoms with E-state index >= 15 is 0 Å². The fourth-order valence-corrected chi connectivity index (χ4v) is 10.2. The quantitative estimate of drug-likeness (QED) is 0.0118. The maximum atomic E-state index is 14.5. The van der Waals surface area contributed by atoms with Gasteiger partial charge in [-0.15, -0.1) is 0 Å². The van der Waals surface area contributed by atoms with Crippen molar-refractivity contribution < 1.29 is 82.4 Å². The molecule has 0 bridgehead atoms. The Morgan fingerprint density at radius 3 is 1.55 bits per heavy atom. The number of carbonyl (C=O) groups excluding carboxylic acids is 10. The molecule has 0 aliphatic rings. The second kappa shape index (κ2) is 42.3. The largest absolute Gasteiger partial charge is 0.508 e. The number of phenols is 1. The number of imidazole rings is 1. The summed E-state index contributed by atoms with van der Waals surface area (Å²) in [7, 11) is 0. The molecule has 1 aromatic heterocycles. The normalized spacial score (nSPS) is 14.8. The number of nitrogens with one attached hydrogen (secondary N) is 11. The molecule has 37 heteroatoms. The number of H-pyrrole nitrogens is 1. The molecular weight excluding hydrogens is 1370 g/mol. The Kier molecular flexibility index (Phi) is 34.7. The van der Waals surface area contributed by atoms with Gasteiger partial charge in [-0.2, -0.15) is 0 Å². The molecule has 0 aliphatic heterocycles. The van der Waals surface area contributed by atoms with Crippen LogP contribution < -0.4 is 81.8 Å². The number of aliphatic hydroxyl groups is 1. The molecule has 562 valence electrons. The second-order valence-electron chi connectivity index (χ2n) is 24.5. The molecule has 1 heterocycles. The van der Waals surface area contributed by atoms with Crippen molar-refractivity contribution in [1.82, 2.24) is 63.1 Å². The Bertz CT molecular complexity index is 3600. The Labute approximate surface area is 597 Å². The number of aromatic nitrogens is 2. The summed E-state index contributed by atoms with van der Waals surface area (Å²) >= 11 is 6.17. The molecule has 103 heavy (non-hydrogen) atoms. The predicted molar refractivity (Wildman–Crippen MR) is 373 cm³/mol. The van der Waals surface area contributed by atoms with Crippen molar-refractivity contribution in [2.45, 2.75) is 178 Å². The van der Waals surface area contributed by atoms with Crippen LogP contribution in [0.1, 0.15) is 102 Å². The zero-order chi connectivity index (χ0) is 76.6. The van der Waals surface area contributed by atoms with Gasteiger partial charge in [0, 0.05) is 49.3 Å². The molecule has 4 rings (SSSR count). The number of benzene rings is 3. The van der Waals surface area contributed by atoms with Gasteiger partial charge in [-0.25, -0.2) is 14.2 Å². The van der Waals surface area contributed by atoms with Gasteiger partial charge < -0.3 is 107 Å². The van der Waals surface area contributed by atoms with E-state index in [2.05, 4.69) is 73.1 Å². The van der Waals surface area contributed by atoms with Crippen LogP contribution in [-0.4, -0.2) is 199 Å². The van der Waals surface area contributed by atoms with Crippen molar-refractivity contribution in [2.75, 3.05) is 13.1 Å². The number of rotatable bonds is 43. The maximum Gasteiger partial charge on any atom is 0.326 e. The first-order valence-electron chi connectivity index (χ1n) is 32.9. The van der Waals surface area contributed by atoms with Gasteiger partial charge in [0.1, 0.15) is 72.0 Å². The number of aliphatic hydroxyl groups excluding tert-OH is 1. The molecule has 0 fully saturated rings. The van der Waals surface area contributed by atoms with Crippen LogP contribution in [0.2, 0.25) is 5.02 Å². The van der Waals surface area contributed by atoms with E-state index in [-0.39, 0.29) is 101 Å². The van der Waals surface area contributed by atoms with Crippen LogP contribution in [0, 0.1) is 11.7 Å². The summed E-state index contributed by atoms with van der Waals surface area (Å²) in [4.78, 5) is 180. The van der Waals surface area contributed by atoms with Gasteiger partial charge in [-0.3, -0.25) is 62.7 Å². The van der Waals surface area contributed by atoms with E-state index in [1.165, 1.54) is 87.0 Å². The summed E-state index contributed by atoms with van der Waals surface area (Å²) in [5.41, 5.74) is 29.6. The van der Waals surface area contributed by atoms with Gasteiger partial charge in [0.25, 0.3) is 0 Å². The molecule has 0 radical (unpaired) electrons. The molecule has 25 N–H and O–H groups in total. The van der Waals surface area contributed by atoms with Gasteiger partial charge in [-0.05, 0) is 118 Å². The number of aliphatic imine (C=N–C) groups is 2. The molecule has 4 aromatic rings. The van der Waals surface area contributed by atoms with Crippen molar-refractivity contribution in [3.63, 3.8) is 0 Å². The number of guanidine groups is 2. The highest BCUT2D eigenvalue weighted by molar-refractivity contribution is 6.30. The number of hydrogen-bond acceptors (Lipinski definition) is 18. The number of carbonyl (C=O) groups is 12. The van der Waals surface area contributed by atoms with Gasteiger partial charge in [-0.1, -0.05) is 68.3 Å². The number of halogens is 2. The zero-order valence-electron chi connectivity index (χ0n) is 57.5. The first kappa shape index (κ1) is 84.4. The Morgan fingerprint density at radius 2 is 1.00 bits per heavy atom. The standard InChI is InChI=1S/C66H93ClFN19O16/c1-6-33(2)52(86-55(93)35(4)78-59(97)49(30-51(90)91)83-58(96)46(14-10-24-76-66(72)73)81-56(94)44(69)26-37-17-21-43(89)22-18-37)62(100)84-47(27-38-15-19-40(67)20-16-38)61(99)87-53(36(5)88)63(101)79-34(3)54(92)80-45(13-7-8-23-75-65(70)71)57(95)82-48(28-39-11-9-12-41(68)25-39)60(98)85-50(64(102)103)29-42-31-74-32-77-42/h9,11-12,15-22,25,31-36,44-50,52-53,88-89H,6-8,10,13-14,23-24,26-30,69H2,1-5H3,(H,74,77)(H,78,97)(H,79,101)(H,80,92)(H,81,94)(H,82,95)(H,83,96)(H,84,100)(H,85,98)(H,86,93)(H,87,99)(H,90,91)(H,102,103)(H4,70,71,75)(H4,72,73,76)/t33-,34-,35-,36+,44-,45-,46+,47-,48-,49-,50-,52-,53-/m0/s1. The van der Waals surface area contributed by atoms with Crippen LogP contribution in [0.25, 0.3) is 0 Å². The van der Waals surface area contributed by atoms with Gasteiger partial charge in [0.2, 0.25) is 59.1 Å². The summed E-state index contributed by atoms with van der Waals surface area (Å²) in [6.45, 7) is 6.91. The number of carboxylic acid groups (broad SMARTS) is 2. The molecule has 0 saturated heterocycles. The van der Waals surface area contributed by atoms with Crippen LogP contribution >= 0.6 is 11.6 Å². The van der Waals surface area contributed by atoms with Crippen LogP contribution in [0.3, 0.4) is 0 Å². The lowest BCUT2D eigenvalue weighted by Gasteiger charge is -2.29. The Hall–Kier alpha value is -11.0. The van der Waals surface area contributed by atoms with Crippen molar-refractivity contribution in [3.8, 4) is 5.75 Å². The van der Waals surface area contributed by atoms with Gasteiger partial charge in [0.15, 0.2) is 11.9 Å². The first-order chi connectivity index (χ1) is 48.6. The monoisotopic (exact) mass is 1460 g/mol. The maximum absolute atomic E-state index is 14.5. The third kappa shape index (κ3) is 30.0. The number of carboxylic acids is 2. The third-order valence-electron chi connectivity index (χ3n) is 16.0. The second-order valence-corrected chi connectivity index (χ2v) is 25.0. The summed E-state index contributed by atoms with van der Waals surface area (Å²) in [5, 5.41) is 65.5. The molecular formula is C66H93ClFN19O16. The van der Waals surface area contributed by atoms with E-state index in [0.29, 0.717) is 21.8 Å². The molecule has 0 aliphatic carbocycles. The Morgan fingerprint density at radius 1 is 0.534 bits per heavy atom. The number of phenolic OH excluding ortho intramolecular Hbond substituents is 1. The van der Waals surface area contributed by atoms with E-state index in [0.717, 1.165) is 19.1 Å². The number of aromatic hydroxyl groups is 1. The average Bonchev–Trinajstić information content (AvgIpc) is 1.80. The van der Waals surface area contributed by atoms with Crippen molar-refractivity contribution >= 4 is 94.5 Å². The van der Waals surface area contributed by atoms with E-state index < -0.39 is 162 Å². The zero-order valence-corrected chi connectivity index (χ0v) is 58.2.